The average Bonchev–Trinajstić information content (AvgIpc) is 4.16. The van der Waals surface area contributed by atoms with Crippen molar-refractivity contribution in [2.45, 2.75) is 111 Å². The lowest BCUT2D eigenvalue weighted by molar-refractivity contribution is -0.141. The van der Waals surface area contributed by atoms with Gasteiger partial charge in [0.25, 0.3) is 12.4 Å². The fourth-order valence-electron chi connectivity index (χ4n) is 11.3. The van der Waals surface area contributed by atoms with Crippen molar-refractivity contribution in [3.8, 4) is 34.4 Å². The maximum absolute atomic E-state index is 14.8. The van der Waals surface area contributed by atoms with Crippen LogP contribution >= 0.6 is 11.3 Å². The van der Waals surface area contributed by atoms with Crippen LogP contribution in [-0.2, 0) is 43.7 Å². The van der Waals surface area contributed by atoms with Crippen LogP contribution in [0.25, 0.3) is 33.4 Å². The molecule has 4 atom stereocenters. The Bertz CT molecular complexity index is 2650. The largest absolute Gasteiger partial charge is 0.467 e. The van der Waals surface area contributed by atoms with Gasteiger partial charge in [-0.15, -0.1) is 11.3 Å². The number of fused-ring (bicyclic) bond motifs is 1. The maximum atomic E-state index is 14.8. The van der Waals surface area contributed by atoms with Gasteiger partial charge in [-0.25, -0.2) is 10.4 Å². The van der Waals surface area contributed by atoms with Gasteiger partial charge in [-0.2, -0.15) is 0 Å². The molecule has 1 spiro atoms. The first-order valence-electron chi connectivity index (χ1n) is 25.7. The Kier molecular flexibility index (Phi) is 16.4. The van der Waals surface area contributed by atoms with Crippen molar-refractivity contribution in [3.63, 3.8) is 0 Å². The Labute approximate surface area is 425 Å². The molecule has 3 aromatic heterocycles. The normalized spacial score (nSPS) is 20.1. The predicted molar refractivity (Wildman–Crippen MR) is 282 cm³/mol. The number of rotatable bonds is 18. The number of aromatic nitrogens is 3. The number of pyridine rings is 1. The first kappa shape index (κ1) is 51.8. The smallest absolute Gasteiger partial charge is 0.293 e. The molecule has 0 radical (unpaired) electrons. The number of carbonyl (C=O) groups is 3. The highest BCUT2D eigenvalue weighted by atomic mass is 32.1. The molecule has 4 fully saturated rings. The fourth-order valence-corrected chi connectivity index (χ4v) is 12.2. The van der Waals surface area contributed by atoms with E-state index in [1.165, 1.54) is 30.6 Å². The van der Waals surface area contributed by atoms with E-state index in [0.29, 0.717) is 32.5 Å². The van der Waals surface area contributed by atoms with Crippen molar-refractivity contribution >= 4 is 40.5 Å². The van der Waals surface area contributed by atoms with Crippen molar-refractivity contribution in [1.29, 1.82) is 0 Å². The number of methoxy groups -OCH3 is 1. The van der Waals surface area contributed by atoms with Crippen LogP contribution in [-0.4, -0.2) is 131 Å². The second-order valence-electron chi connectivity index (χ2n) is 21.3. The molecule has 4 aliphatic rings. The maximum Gasteiger partial charge on any atom is 0.293 e. The van der Waals surface area contributed by atoms with Crippen molar-refractivity contribution < 1.29 is 23.9 Å². The highest BCUT2D eigenvalue weighted by Crippen LogP contribution is 2.49. The van der Waals surface area contributed by atoms with E-state index in [1.54, 1.807) is 18.3 Å². The molecule has 15 heteroatoms. The average molecular weight is 986 g/mol. The molecule has 14 nitrogen and oxygen atoms in total. The lowest BCUT2D eigenvalue weighted by Crippen LogP contribution is -2.59. The predicted octanol–water partition coefficient (Wildman–Crippen LogP) is 7.91. The molecule has 380 valence electrons. The van der Waals surface area contributed by atoms with E-state index in [2.05, 4.69) is 114 Å². The van der Waals surface area contributed by atoms with Crippen molar-refractivity contribution in [2.24, 2.45) is 23.8 Å². The standard InChI is InChI=1S/C56H75N9O5S/c1-38(2)51(64-30-22-56(41(64)5)21-29-63(35-56)39(3)17-16-27-62-25-12-10-13-26-62)53(67)60-46(54(68)65-28-14-11-24-58-65)32-49-59-47(34-71-49)42-19-20-48-44(31-42)45(33-55(6,7)36-70-37-66)52(61(48)8)43-18-15-23-57-50(43)40(4)69-9/h15,18-20,23,31,34,37-38,40,46,51,58H,3,5,10-14,21-22,24-30,32-33,35-36H2,1-2,4,6-9H3,(H,60,67). The van der Waals surface area contributed by atoms with Crippen LogP contribution in [0, 0.1) is 28.6 Å². The summed E-state index contributed by atoms with van der Waals surface area (Å²) < 4.78 is 13.3. The number of likely N-dealkylation sites (tertiary alicyclic amines) is 3. The van der Waals surface area contributed by atoms with Gasteiger partial charge < -0.3 is 29.2 Å². The minimum Gasteiger partial charge on any atom is -0.467 e. The summed E-state index contributed by atoms with van der Waals surface area (Å²) >= 11 is 1.49. The zero-order valence-corrected chi connectivity index (χ0v) is 44.0. The molecule has 0 saturated carbocycles. The van der Waals surface area contributed by atoms with Crippen LogP contribution < -0.4 is 10.7 Å². The summed E-state index contributed by atoms with van der Waals surface area (Å²) in [5.41, 5.74) is 11.3. The van der Waals surface area contributed by atoms with Gasteiger partial charge in [-0.1, -0.05) is 59.3 Å². The molecule has 7 heterocycles. The van der Waals surface area contributed by atoms with Crippen LogP contribution in [0.4, 0.5) is 0 Å². The van der Waals surface area contributed by atoms with Crippen LogP contribution in [0.5, 0.6) is 0 Å². The number of hydrogen-bond acceptors (Lipinski definition) is 12. The molecule has 0 aliphatic carbocycles. The third kappa shape index (κ3) is 11.4. The Morgan fingerprint density at radius 2 is 1.83 bits per heavy atom. The molecule has 2 N–H and O–H groups in total. The minimum atomic E-state index is -0.836. The number of thiazole rings is 1. The monoisotopic (exact) mass is 986 g/mol. The SMILES string of the molecule is C=C(C#CCN1CCCCC1)N1CCC2(CCN(C(C(=O)NC(Cc3nc(-c4ccc5c(c4)c(CC(C)(C)COC=O)c(-c4cccnc4C(C)OC)n5C)cs3)C(=O)N3CCCCN3)C(C)C)C2=C)C1. The van der Waals surface area contributed by atoms with Crippen molar-refractivity contribution in [1.82, 2.24) is 45.0 Å². The van der Waals surface area contributed by atoms with Crippen molar-refractivity contribution in [2.75, 3.05) is 66.1 Å². The highest BCUT2D eigenvalue weighted by molar-refractivity contribution is 7.10. The molecule has 8 rings (SSSR count). The van der Waals surface area contributed by atoms with E-state index >= 15 is 0 Å². The molecule has 4 aliphatic heterocycles. The zero-order chi connectivity index (χ0) is 50.5. The number of piperidine rings is 1. The number of hydrazine groups is 1. The van der Waals surface area contributed by atoms with Crippen LogP contribution in [0.15, 0.2) is 66.5 Å². The van der Waals surface area contributed by atoms with Gasteiger partial charge in [-0.05, 0) is 107 Å². The van der Waals surface area contributed by atoms with Crippen LogP contribution in [0.1, 0.15) is 102 Å². The van der Waals surface area contributed by atoms with Crippen LogP contribution in [0.2, 0.25) is 0 Å². The number of carbonyl (C=O) groups excluding carboxylic acids is 3. The summed E-state index contributed by atoms with van der Waals surface area (Å²) in [7, 11) is 3.76. The topological polar surface area (TPSA) is 137 Å². The summed E-state index contributed by atoms with van der Waals surface area (Å²) in [4.78, 5) is 57.5. The Morgan fingerprint density at radius 1 is 1.06 bits per heavy atom. The van der Waals surface area contributed by atoms with E-state index in [0.717, 1.165) is 119 Å². The highest BCUT2D eigenvalue weighted by Gasteiger charge is 2.50. The van der Waals surface area contributed by atoms with Crippen LogP contribution in [0.3, 0.4) is 0 Å². The minimum absolute atomic E-state index is 0.0418. The van der Waals surface area contributed by atoms with Gasteiger partial charge in [0.1, 0.15) is 12.1 Å². The molecule has 71 heavy (non-hydrogen) atoms. The second kappa shape index (κ2) is 22.5. The van der Waals surface area contributed by atoms with Crippen molar-refractivity contribution in [3.05, 3.63) is 82.7 Å². The summed E-state index contributed by atoms with van der Waals surface area (Å²) in [6.07, 6.45) is 9.91. The first-order chi connectivity index (χ1) is 34.1. The lowest BCUT2D eigenvalue weighted by atomic mass is 9.83. The summed E-state index contributed by atoms with van der Waals surface area (Å²) in [6, 6.07) is 9.10. The number of benzene rings is 1. The molecule has 2 amide bonds. The van der Waals surface area contributed by atoms with E-state index < -0.39 is 12.1 Å². The van der Waals surface area contributed by atoms with E-state index in [4.69, 9.17) is 19.4 Å². The van der Waals surface area contributed by atoms with E-state index in [9.17, 15) is 14.4 Å². The summed E-state index contributed by atoms with van der Waals surface area (Å²) in [5, 5.41) is 8.80. The van der Waals surface area contributed by atoms with E-state index in [1.807, 2.05) is 18.4 Å². The van der Waals surface area contributed by atoms with Gasteiger partial charge in [0, 0.05) is 103 Å². The van der Waals surface area contributed by atoms with Gasteiger partial charge >= 0.3 is 0 Å². The Balaban J connectivity index is 1.03. The third-order valence-electron chi connectivity index (χ3n) is 15.3. The number of nitrogens with one attached hydrogen (secondary N) is 2. The number of hydrogen-bond donors (Lipinski definition) is 2. The molecule has 4 aromatic rings. The molecule has 0 bridgehead atoms. The number of nitrogens with zero attached hydrogens (tertiary/aromatic N) is 7. The molecule has 4 unspecified atom stereocenters. The second-order valence-corrected chi connectivity index (χ2v) is 22.2. The Morgan fingerprint density at radius 3 is 2.56 bits per heavy atom. The van der Waals surface area contributed by atoms with E-state index in [-0.39, 0.29) is 47.7 Å². The number of amides is 2. The number of ether oxygens (including phenoxy) is 2. The Hall–Kier alpha value is -5.53. The molecular weight excluding hydrogens is 911 g/mol. The first-order valence-corrected chi connectivity index (χ1v) is 26.6. The molecule has 4 saturated heterocycles. The van der Waals surface area contributed by atoms with Gasteiger partial charge in [0.2, 0.25) is 5.91 Å². The zero-order valence-electron chi connectivity index (χ0n) is 43.2. The quantitative estimate of drug-likeness (QED) is 0.0744. The molecule has 1 aromatic carbocycles. The number of allylic oxidation sites excluding steroid dienone is 1. The summed E-state index contributed by atoms with van der Waals surface area (Å²) in [5.74, 6) is 6.36. The lowest BCUT2D eigenvalue weighted by Gasteiger charge is -2.37. The van der Waals surface area contributed by atoms with Gasteiger partial charge in [0.15, 0.2) is 0 Å². The number of aryl methyl sites for hydroxylation is 1. The summed E-state index contributed by atoms with van der Waals surface area (Å²) in [6.45, 7) is 26.8. The fraction of sp³-hybridized carbons (Fsp3) is 0.554. The van der Waals surface area contributed by atoms with Gasteiger partial charge in [-0.3, -0.25) is 29.3 Å². The van der Waals surface area contributed by atoms with Gasteiger partial charge in [0.05, 0.1) is 47.0 Å². The third-order valence-corrected chi connectivity index (χ3v) is 16.2. The molecular formula is C56H75N9O5S.